The molecule has 1 aromatic heterocycles. The number of allylic oxidation sites excluding steroid dienone is 2. The normalized spacial score (nSPS) is 19.9. The molecule has 2 amide bonds. The molecule has 0 saturated heterocycles. The van der Waals surface area contributed by atoms with Gasteiger partial charge in [0.1, 0.15) is 6.04 Å². The Morgan fingerprint density at radius 3 is 2.71 bits per heavy atom. The summed E-state index contributed by atoms with van der Waals surface area (Å²) >= 11 is 0. The van der Waals surface area contributed by atoms with E-state index in [-0.39, 0.29) is 24.9 Å². The molecule has 11 nitrogen and oxygen atoms in total. The van der Waals surface area contributed by atoms with Crippen molar-refractivity contribution in [1.82, 2.24) is 19.6 Å². The van der Waals surface area contributed by atoms with Gasteiger partial charge in [0.05, 0.1) is 23.6 Å². The van der Waals surface area contributed by atoms with E-state index in [0.717, 1.165) is 17.4 Å². The number of aromatic amines is 1. The lowest BCUT2D eigenvalue weighted by Crippen LogP contribution is -2.50. The maximum absolute atomic E-state index is 13.2. The zero-order chi connectivity index (χ0) is 25.2. The third kappa shape index (κ3) is 5.23. The summed E-state index contributed by atoms with van der Waals surface area (Å²) in [6.07, 6.45) is 9.26. The molecule has 35 heavy (non-hydrogen) atoms. The molecule has 1 aliphatic carbocycles. The third-order valence-electron chi connectivity index (χ3n) is 5.68. The Morgan fingerprint density at radius 2 is 2.00 bits per heavy atom. The highest BCUT2D eigenvalue weighted by atomic mass is 32.2. The topological polar surface area (TPSA) is 163 Å². The van der Waals surface area contributed by atoms with Crippen LogP contribution >= 0.6 is 0 Å². The number of guanidine groups is 1. The number of hydrogen-bond donors (Lipinski definition) is 4. The van der Waals surface area contributed by atoms with Gasteiger partial charge >= 0.3 is 0 Å². The number of rotatable bonds is 5. The number of sulfonamides is 1. The Kier molecular flexibility index (Phi) is 6.67. The van der Waals surface area contributed by atoms with Crippen LogP contribution in [0.3, 0.4) is 0 Å². The summed E-state index contributed by atoms with van der Waals surface area (Å²) in [5, 5.41) is 5.16. The SMILES string of the molecule is C=CN=C(N)NC(=O)C1C=CC=Cc2nc(NC(=O)C3Cc4ccccc4CN3S(C)(=O)=O)[nH]c21. The van der Waals surface area contributed by atoms with Gasteiger partial charge < -0.3 is 10.7 Å². The second-order valence-corrected chi connectivity index (χ2v) is 10.0. The van der Waals surface area contributed by atoms with E-state index in [4.69, 9.17) is 5.73 Å². The van der Waals surface area contributed by atoms with E-state index >= 15 is 0 Å². The smallest absolute Gasteiger partial charge is 0.245 e. The Hall–Kier alpha value is -4.03. The standard InChI is InChI=1S/C23H25N7O4S/c1-3-25-22(24)28-20(31)16-10-6-7-11-17-19(16)27-23(26-17)29-21(32)18-12-14-8-4-5-9-15(14)13-30(18)35(2,33)34/h3-11,16,18H,1,12-13H2,2H3,(H3,24,25,28,31)(H2,26,27,29,32). The molecule has 2 unspecified atom stereocenters. The Bertz CT molecular complexity index is 1370. The minimum absolute atomic E-state index is 0.0952. The molecule has 0 saturated carbocycles. The first-order valence-electron chi connectivity index (χ1n) is 10.7. The predicted octanol–water partition coefficient (Wildman–Crippen LogP) is 0.976. The van der Waals surface area contributed by atoms with Gasteiger partial charge in [-0.15, -0.1) is 0 Å². The highest BCUT2D eigenvalue weighted by Gasteiger charge is 2.37. The van der Waals surface area contributed by atoms with E-state index in [1.165, 1.54) is 10.5 Å². The van der Waals surface area contributed by atoms with Crippen molar-refractivity contribution >= 4 is 39.8 Å². The molecule has 182 valence electrons. The van der Waals surface area contributed by atoms with Crippen LogP contribution in [0.2, 0.25) is 0 Å². The summed E-state index contributed by atoms with van der Waals surface area (Å²) in [6, 6.07) is 6.47. The number of H-pyrrole nitrogens is 1. The third-order valence-corrected chi connectivity index (χ3v) is 6.92. The van der Waals surface area contributed by atoms with E-state index in [1.54, 1.807) is 24.3 Å². The summed E-state index contributed by atoms with van der Waals surface area (Å²) in [4.78, 5) is 37.1. The van der Waals surface area contributed by atoms with Crippen molar-refractivity contribution in [2.45, 2.75) is 24.9 Å². The fourth-order valence-electron chi connectivity index (χ4n) is 4.07. The molecular weight excluding hydrogens is 470 g/mol. The number of anilines is 1. The number of imidazole rings is 1. The van der Waals surface area contributed by atoms with Crippen LogP contribution in [0.4, 0.5) is 5.95 Å². The number of nitrogens with zero attached hydrogens (tertiary/aromatic N) is 3. The molecule has 2 heterocycles. The first-order valence-corrected chi connectivity index (χ1v) is 12.6. The number of hydrogen-bond acceptors (Lipinski definition) is 6. The zero-order valence-electron chi connectivity index (χ0n) is 18.9. The summed E-state index contributed by atoms with van der Waals surface area (Å²) < 4.78 is 26.1. The molecule has 5 N–H and O–H groups in total. The number of aromatic nitrogens is 2. The second-order valence-electron chi connectivity index (χ2n) is 8.08. The molecular formula is C23H25N7O4S. The largest absolute Gasteiger partial charge is 0.369 e. The van der Waals surface area contributed by atoms with Crippen molar-refractivity contribution in [3.63, 3.8) is 0 Å². The number of amides is 2. The number of benzene rings is 1. The first-order chi connectivity index (χ1) is 16.7. The fourth-order valence-corrected chi connectivity index (χ4v) is 5.07. The zero-order valence-corrected chi connectivity index (χ0v) is 19.7. The highest BCUT2D eigenvalue weighted by molar-refractivity contribution is 7.88. The quantitative estimate of drug-likeness (QED) is 0.357. The van der Waals surface area contributed by atoms with E-state index in [1.807, 2.05) is 24.3 Å². The number of carbonyl (C=O) groups is 2. The average Bonchev–Trinajstić information content (AvgIpc) is 3.08. The summed E-state index contributed by atoms with van der Waals surface area (Å²) in [7, 11) is -3.66. The van der Waals surface area contributed by atoms with Crippen molar-refractivity contribution in [1.29, 1.82) is 0 Å². The summed E-state index contributed by atoms with van der Waals surface area (Å²) in [6.45, 7) is 3.54. The van der Waals surface area contributed by atoms with Gasteiger partial charge in [0.15, 0.2) is 5.96 Å². The Balaban J connectivity index is 1.58. The molecule has 2 atom stereocenters. The van der Waals surface area contributed by atoms with Gasteiger partial charge in [0.2, 0.25) is 27.8 Å². The number of carbonyl (C=O) groups excluding carboxylic acids is 2. The van der Waals surface area contributed by atoms with E-state index in [9.17, 15) is 18.0 Å². The monoisotopic (exact) mass is 495 g/mol. The van der Waals surface area contributed by atoms with Crippen molar-refractivity contribution in [2.24, 2.45) is 10.7 Å². The van der Waals surface area contributed by atoms with Gasteiger partial charge in [0.25, 0.3) is 0 Å². The Labute approximate surface area is 202 Å². The van der Waals surface area contributed by atoms with Crippen LogP contribution in [-0.4, -0.2) is 52.8 Å². The van der Waals surface area contributed by atoms with E-state index in [0.29, 0.717) is 11.4 Å². The summed E-state index contributed by atoms with van der Waals surface area (Å²) in [5.74, 6) is -1.79. The molecule has 0 spiro atoms. The minimum atomic E-state index is -3.66. The lowest BCUT2D eigenvalue weighted by atomic mass is 9.95. The fraction of sp³-hybridized carbons (Fsp3) is 0.217. The first kappa shape index (κ1) is 24.1. The molecule has 1 aliphatic heterocycles. The van der Waals surface area contributed by atoms with Gasteiger partial charge in [-0.1, -0.05) is 49.1 Å². The molecule has 0 radical (unpaired) electrons. The van der Waals surface area contributed by atoms with Crippen LogP contribution in [0, 0.1) is 0 Å². The number of fused-ring (bicyclic) bond motifs is 2. The van der Waals surface area contributed by atoms with Crippen LogP contribution in [0.1, 0.15) is 28.4 Å². The minimum Gasteiger partial charge on any atom is -0.369 e. The lowest BCUT2D eigenvalue weighted by molar-refractivity contribution is -0.120. The van der Waals surface area contributed by atoms with Gasteiger partial charge in [-0.2, -0.15) is 4.31 Å². The average molecular weight is 496 g/mol. The molecule has 1 aromatic carbocycles. The second kappa shape index (κ2) is 9.68. The van der Waals surface area contributed by atoms with Gasteiger partial charge in [0, 0.05) is 12.7 Å². The van der Waals surface area contributed by atoms with Gasteiger partial charge in [-0.25, -0.2) is 18.4 Å². The van der Waals surface area contributed by atoms with Crippen molar-refractivity contribution in [3.8, 4) is 0 Å². The highest BCUT2D eigenvalue weighted by Crippen LogP contribution is 2.28. The van der Waals surface area contributed by atoms with Crippen LogP contribution in [-0.2, 0) is 32.6 Å². The van der Waals surface area contributed by atoms with Crippen molar-refractivity contribution < 1.29 is 18.0 Å². The maximum atomic E-state index is 13.2. The van der Waals surface area contributed by atoms with Crippen molar-refractivity contribution in [2.75, 3.05) is 11.6 Å². The van der Waals surface area contributed by atoms with Crippen LogP contribution in [0.5, 0.6) is 0 Å². The molecule has 2 aliphatic rings. The lowest BCUT2D eigenvalue weighted by Gasteiger charge is -2.33. The molecule has 0 fully saturated rings. The summed E-state index contributed by atoms with van der Waals surface area (Å²) in [5.41, 5.74) is 8.30. The van der Waals surface area contributed by atoms with E-state index in [2.05, 4.69) is 32.2 Å². The van der Waals surface area contributed by atoms with Crippen LogP contribution in [0.15, 0.2) is 60.3 Å². The molecule has 0 bridgehead atoms. The predicted molar refractivity (Wildman–Crippen MR) is 132 cm³/mol. The maximum Gasteiger partial charge on any atom is 0.245 e. The van der Waals surface area contributed by atoms with Gasteiger partial charge in [-0.3, -0.25) is 20.2 Å². The van der Waals surface area contributed by atoms with Crippen LogP contribution < -0.4 is 16.4 Å². The van der Waals surface area contributed by atoms with Crippen molar-refractivity contribution in [3.05, 3.63) is 77.8 Å². The number of aliphatic imine (C=N–C) groups is 1. The number of nitrogens with one attached hydrogen (secondary N) is 3. The Morgan fingerprint density at radius 1 is 1.26 bits per heavy atom. The molecule has 2 aromatic rings. The van der Waals surface area contributed by atoms with Gasteiger partial charge in [-0.05, 0) is 23.6 Å². The van der Waals surface area contributed by atoms with Crippen LogP contribution in [0.25, 0.3) is 6.08 Å². The number of nitrogens with two attached hydrogens (primary N) is 1. The molecule has 4 rings (SSSR count). The molecule has 12 heteroatoms. The van der Waals surface area contributed by atoms with E-state index < -0.39 is 33.8 Å².